The lowest BCUT2D eigenvalue weighted by Crippen LogP contribution is -2.86. The molecule has 6 aliphatic rings. The van der Waals surface area contributed by atoms with Crippen LogP contribution in [0.3, 0.4) is 0 Å². The Hall–Kier alpha value is -0.360. The molecule has 0 unspecified atom stereocenters. The van der Waals surface area contributed by atoms with Crippen LogP contribution in [0.5, 0.6) is 0 Å². The first-order valence-corrected chi connectivity index (χ1v) is 12.8. The van der Waals surface area contributed by atoms with Crippen molar-refractivity contribution in [3.8, 4) is 0 Å². The minimum absolute atomic E-state index is 0.148. The van der Waals surface area contributed by atoms with Crippen LogP contribution in [0.4, 0.5) is 0 Å². The van der Waals surface area contributed by atoms with Crippen molar-refractivity contribution in [2.24, 2.45) is 28.6 Å². The zero-order valence-electron chi connectivity index (χ0n) is 20.9. The van der Waals surface area contributed by atoms with E-state index in [0.717, 1.165) is 0 Å². The van der Waals surface area contributed by atoms with Crippen LogP contribution in [-0.4, -0.2) is 121 Å². The van der Waals surface area contributed by atoms with E-state index in [0.29, 0.717) is 39.0 Å². The summed E-state index contributed by atoms with van der Waals surface area (Å²) in [6, 6.07) is -0.668. The number of hydrogen-bond acceptors (Lipinski definition) is 9. The third-order valence-corrected chi connectivity index (χ3v) is 11.6. The van der Waals surface area contributed by atoms with Gasteiger partial charge in [-0.1, -0.05) is 6.92 Å². The summed E-state index contributed by atoms with van der Waals surface area (Å²) in [5, 5.41) is 50.5. The third kappa shape index (κ3) is 2.11. The summed E-state index contributed by atoms with van der Waals surface area (Å²) in [5.41, 5.74) is -6.46. The maximum absolute atomic E-state index is 13.0. The van der Waals surface area contributed by atoms with Gasteiger partial charge < -0.3 is 39.4 Å². The van der Waals surface area contributed by atoms with Crippen LogP contribution in [0.1, 0.15) is 32.6 Å². The largest absolute Gasteiger partial charge is 0.392 e. The molecule has 1 spiro atoms. The Kier molecular flexibility index (Phi) is 5.04. The van der Waals surface area contributed by atoms with Gasteiger partial charge in [0.1, 0.15) is 11.2 Å². The lowest BCUT2D eigenvalue weighted by atomic mass is 9.41. The average molecular weight is 484 g/mol. The van der Waals surface area contributed by atoms with Gasteiger partial charge >= 0.3 is 0 Å². The van der Waals surface area contributed by atoms with Crippen molar-refractivity contribution in [3.63, 3.8) is 0 Å². The van der Waals surface area contributed by atoms with E-state index < -0.39 is 64.0 Å². The molecular weight excluding hydrogens is 442 g/mol. The Morgan fingerprint density at radius 1 is 0.941 bits per heavy atom. The molecule has 6 rings (SSSR count). The van der Waals surface area contributed by atoms with Crippen molar-refractivity contribution < 1.29 is 39.4 Å². The van der Waals surface area contributed by atoms with E-state index in [1.165, 1.54) is 0 Å². The highest BCUT2D eigenvalue weighted by atomic mass is 16.5. The minimum atomic E-state index is -1.73. The van der Waals surface area contributed by atoms with E-state index >= 15 is 0 Å². The standard InChI is InChI=1S/C25H41NO8/c1-6-26-11-21(12-31-2)8-7-15(27)24-18(21)19(34-5)25(30,20(24)26)23(29)10-14(32-3)13-9-22(24,28)17(23)16(13)33-4/h13-20,27-30H,6-12H2,1-5H3/t13-,14+,15+,16+,17+,18-,19+,20+,21+,22+,23-,24-,25-/m1/s1. The van der Waals surface area contributed by atoms with Gasteiger partial charge in [0.05, 0.1) is 48.1 Å². The van der Waals surface area contributed by atoms with Gasteiger partial charge in [0.2, 0.25) is 0 Å². The second kappa shape index (κ2) is 7.14. The molecule has 5 saturated carbocycles. The van der Waals surface area contributed by atoms with Crippen molar-refractivity contribution >= 4 is 0 Å². The number of fused-ring (bicyclic) bond motifs is 2. The molecule has 9 heteroatoms. The smallest absolute Gasteiger partial charge is 0.136 e. The molecule has 13 atom stereocenters. The second-order valence-electron chi connectivity index (χ2n) is 12.1. The number of aliphatic hydroxyl groups is 4. The maximum atomic E-state index is 13.0. The molecule has 0 amide bonds. The summed E-state index contributed by atoms with van der Waals surface area (Å²) in [6.45, 7) is 3.73. The number of piperidine rings is 1. The first-order chi connectivity index (χ1) is 16.1. The number of hydrogen-bond donors (Lipinski definition) is 4. The molecule has 0 aromatic heterocycles. The first kappa shape index (κ1) is 24.0. The molecule has 9 nitrogen and oxygen atoms in total. The van der Waals surface area contributed by atoms with Crippen molar-refractivity contribution in [1.29, 1.82) is 0 Å². The van der Waals surface area contributed by atoms with Crippen LogP contribution >= 0.6 is 0 Å². The molecular formula is C25H41NO8. The van der Waals surface area contributed by atoms with Gasteiger partial charge in [0.15, 0.2) is 0 Å². The topological polar surface area (TPSA) is 121 Å². The monoisotopic (exact) mass is 483 g/mol. The lowest BCUT2D eigenvalue weighted by Gasteiger charge is -2.72. The van der Waals surface area contributed by atoms with Crippen molar-refractivity contribution in [2.75, 3.05) is 48.1 Å². The normalized spacial score (nSPS) is 61.7. The SMILES string of the molecule is CCN1C[C@]2(COC)CC[C@H](O)[C@@]34[C@@H]2[C@H](OC)[C@@](O)([C@@H]13)[C@@]1(O)C[C@H](OC)[C@H]2C[C@]4(O)[C@@H]1[C@H]2OC. The summed E-state index contributed by atoms with van der Waals surface area (Å²) in [5.74, 6) is -1.30. The highest BCUT2D eigenvalue weighted by Gasteiger charge is 2.95. The van der Waals surface area contributed by atoms with Gasteiger partial charge in [-0.05, 0) is 25.8 Å². The van der Waals surface area contributed by atoms with Crippen LogP contribution in [0.15, 0.2) is 0 Å². The molecule has 1 aliphatic heterocycles. The molecule has 1 saturated heterocycles. The molecule has 7 bridgehead atoms. The van der Waals surface area contributed by atoms with Gasteiger partial charge in [-0.3, -0.25) is 4.90 Å². The predicted octanol–water partition coefficient (Wildman–Crippen LogP) is -0.614. The molecule has 4 N–H and O–H groups in total. The quantitative estimate of drug-likeness (QED) is 0.392. The first-order valence-electron chi connectivity index (χ1n) is 12.8. The fourth-order valence-corrected chi connectivity index (χ4v) is 11.0. The van der Waals surface area contributed by atoms with E-state index in [2.05, 4.69) is 4.90 Å². The third-order valence-electron chi connectivity index (χ3n) is 11.6. The van der Waals surface area contributed by atoms with Gasteiger partial charge in [0, 0.05) is 64.6 Å². The molecule has 0 aromatic rings. The van der Waals surface area contributed by atoms with E-state index in [1.54, 1.807) is 28.4 Å². The molecule has 34 heavy (non-hydrogen) atoms. The summed E-state index contributed by atoms with van der Waals surface area (Å²) in [6.07, 6.45) is -0.817. The molecule has 0 radical (unpaired) electrons. The number of likely N-dealkylation sites (N-methyl/N-ethyl adjacent to an activating group) is 1. The number of rotatable bonds is 6. The van der Waals surface area contributed by atoms with Crippen molar-refractivity contribution in [3.05, 3.63) is 0 Å². The zero-order chi connectivity index (χ0) is 24.5. The number of methoxy groups -OCH3 is 4. The summed E-state index contributed by atoms with van der Waals surface area (Å²) < 4.78 is 23.7. The Balaban J connectivity index is 1.71. The molecule has 194 valence electrons. The molecule has 5 aliphatic carbocycles. The highest BCUT2D eigenvalue weighted by Crippen LogP contribution is 2.81. The molecule has 0 aromatic carbocycles. The number of nitrogens with zero attached hydrogens (tertiary/aromatic N) is 1. The number of ether oxygens (including phenoxy) is 4. The minimum Gasteiger partial charge on any atom is -0.392 e. The number of aliphatic hydroxyl groups excluding tert-OH is 1. The summed E-state index contributed by atoms with van der Waals surface area (Å²) in [7, 11) is 6.46. The van der Waals surface area contributed by atoms with Crippen LogP contribution in [0.2, 0.25) is 0 Å². The molecule has 6 fully saturated rings. The van der Waals surface area contributed by atoms with E-state index in [4.69, 9.17) is 18.9 Å². The lowest BCUT2D eigenvalue weighted by molar-refractivity contribution is -0.356. The maximum Gasteiger partial charge on any atom is 0.136 e. The molecule has 1 heterocycles. The summed E-state index contributed by atoms with van der Waals surface area (Å²) in [4.78, 5) is 2.18. The fourth-order valence-electron chi connectivity index (χ4n) is 11.0. The van der Waals surface area contributed by atoms with Gasteiger partial charge in [0.25, 0.3) is 0 Å². The Labute approximate surface area is 201 Å². The fraction of sp³-hybridized carbons (Fsp3) is 1.00. The van der Waals surface area contributed by atoms with Crippen LogP contribution < -0.4 is 0 Å². The average Bonchev–Trinajstić information content (AvgIpc) is 3.19. The Morgan fingerprint density at radius 3 is 2.26 bits per heavy atom. The summed E-state index contributed by atoms with van der Waals surface area (Å²) >= 11 is 0. The van der Waals surface area contributed by atoms with Crippen LogP contribution in [0.25, 0.3) is 0 Å². The van der Waals surface area contributed by atoms with Crippen molar-refractivity contribution in [2.45, 2.75) is 79.9 Å². The van der Waals surface area contributed by atoms with Crippen molar-refractivity contribution in [1.82, 2.24) is 4.90 Å². The van der Waals surface area contributed by atoms with E-state index in [1.807, 2.05) is 6.92 Å². The highest BCUT2D eigenvalue weighted by molar-refractivity contribution is 5.45. The predicted molar refractivity (Wildman–Crippen MR) is 120 cm³/mol. The van der Waals surface area contributed by atoms with E-state index in [-0.39, 0.29) is 18.3 Å². The van der Waals surface area contributed by atoms with Crippen LogP contribution in [-0.2, 0) is 18.9 Å². The van der Waals surface area contributed by atoms with Crippen LogP contribution in [0, 0.1) is 28.6 Å². The van der Waals surface area contributed by atoms with Gasteiger partial charge in [-0.2, -0.15) is 0 Å². The Bertz CT molecular complexity index is 861. The van der Waals surface area contributed by atoms with Gasteiger partial charge in [-0.25, -0.2) is 0 Å². The van der Waals surface area contributed by atoms with E-state index in [9.17, 15) is 20.4 Å². The van der Waals surface area contributed by atoms with Gasteiger partial charge in [-0.15, -0.1) is 0 Å². The Morgan fingerprint density at radius 2 is 1.68 bits per heavy atom. The zero-order valence-corrected chi connectivity index (χ0v) is 20.9. The second-order valence-corrected chi connectivity index (χ2v) is 12.1. The number of likely N-dealkylation sites (tertiary alicyclic amines) is 1.